The summed E-state index contributed by atoms with van der Waals surface area (Å²) in [6.45, 7) is 0. The molecule has 1 atom stereocenters. The van der Waals surface area contributed by atoms with Crippen molar-refractivity contribution in [2.75, 3.05) is 14.2 Å². The molecule has 0 spiro atoms. The van der Waals surface area contributed by atoms with Crippen molar-refractivity contribution < 1.29 is 14.6 Å². The summed E-state index contributed by atoms with van der Waals surface area (Å²) in [5.74, 6) is 1.08. The van der Waals surface area contributed by atoms with Crippen LogP contribution < -0.4 is 9.47 Å². The minimum atomic E-state index is -0.810. The van der Waals surface area contributed by atoms with Crippen LogP contribution in [0.4, 0.5) is 0 Å². The van der Waals surface area contributed by atoms with Gasteiger partial charge in [0.2, 0.25) is 0 Å². The summed E-state index contributed by atoms with van der Waals surface area (Å²) in [5.41, 5.74) is 1.40. The van der Waals surface area contributed by atoms with Gasteiger partial charge in [0.1, 0.15) is 6.10 Å². The van der Waals surface area contributed by atoms with Crippen molar-refractivity contribution in [3.8, 4) is 11.5 Å². The van der Waals surface area contributed by atoms with Crippen molar-refractivity contribution in [2.45, 2.75) is 6.10 Å². The Morgan fingerprint density at radius 1 is 1.05 bits per heavy atom. The van der Waals surface area contributed by atoms with E-state index >= 15 is 0 Å². The minimum absolute atomic E-state index is 0.440. The lowest BCUT2D eigenvalue weighted by molar-refractivity contribution is 0.218. The minimum Gasteiger partial charge on any atom is -0.493 e. The van der Waals surface area contributed by atoms with Crippen LogP contribution in [0.1, 0.15) is 17.2 Å². The standard InChI is InChI=1S/C15H14ClIO3/c1-19-13-7-10(11(16)8-14(13)20-2)15(18)9-5-3-4-6-12(9)17/h3-8,15,18H,1-2H3. The van der Waals surface area contributed by atoms with Crippen LogP contribution in [-0.4, -0.2) is 19.3 Å². The molecule has 0 aromatic heterocycles. The Bertz CT molecular complexity index is 616. The fourth-order valence-electron chi connectivity index (χ4n) is 1.94. The number of ether oxygens (including phenoxy) is 2. The van der Waals surface area contributed by atoms with E-state index in [1.54, 1.807) is 26.4 Å². The molecule has 106 valence electrons. The first-order chi connectivity index (χ1) is 9.58. The van der Waals surface area contributed by atoms with E-state index in [1.807, 2.05) is 24.3 Å². The van der Waals surface area contributed by atoms with Crippen LogP contribution in [0.2, 0.25) is 5.02 Å². The topological polar surface area (TPSA) is 38.7 Å². The molecule has 1 unspecified atom stereocenters. The SMILES string of the molecule is COc1cc(Cl)c(C(O)c2ccccc2I)cc1OC. The third-order valence-corrected chi connectivity index (χ3v) is 4.31. The molecule has 20 heavy (non-hydrogen) atoms. The molecule has 2 aromatic carbocycles. The summed E-state index contributed by atoms with van der Waals surface area (Å²) in [6, 6.07) is 11.0. The average molecular weight is 405 g/mol. The summed E-state index contributed by atoms with van der Waals surface area (Å²) < 4.78 is 11.4. The second-order valence-corrected chi connectivity index (χ2v) is 5.72. The van der Waals surface area contributed by atoms with Gasteiger partial charge in [0.05, 0.1) is 19.2 Å². The van der Waals surface area contributed by atoms with Crippen LogP contribution in [0, 0.1) is 3.57 Å². The monoisotopic (exact) mass is 404 g/mol. The average Bonchev–Trinajstić information content (AvgIpc) is 2.46. The van der Waals surface area contributed by atoms with Gasteiger partial charge in [-0.1, -0.05) is 29.8 Å². The predicted molar refractivity (Wildman–Crippen MR) is 87.8 cm³/mol. The molecule has 0 heterocycles. The van der Waals surface area contributed by atoms with Gasteiger partial charge < -0.3 is 14.6 Å². The molecule has 0 aliphatic carbocycles. The number of aliphatic hydroxyl groups excluding tert-OH is 1. The van der Waals surface area contributed by atoms with Gasteiger partial charge in [-0.2, -0.15) is 0 Å². The maximum Gasteiger partial charge on any atom is 0.162 e. The zero-order valence-electron chi connectivity index (χ0n) is 11.1. The second kappa shape index (κ2) is 6.65. The number of aliphatic hydroxyl groups is 1. The highest BCUT2D eigenvalue weighted by molar-refractivity contribution is 14.1. The van der Waals surface area contributed by atoms with Gasteiger partial charge in [-0.15, -0.1) is 0 Å². The van der Waals surface area contributed by atoms with Gasteiger partial charge in [0, 0.05) is 15.2 Å². The molecule has 0 aliphatic rings. The highest BCUT2D eigenvalue weighted by Gasteiger charge is 2.19. The Morgan fingerprint density at radius 2 is 1.65 bits per heavy atom. The lowest BCUT2D eigenvalue weighted by Gasteiger charge is -2.17. The molecule has 0 radical (unpaired) electrons. The second-order valence-electron chi connectivity index (χ2n) is 4.15. The van der Waals surface area contributed by atoms with Crippen LogP contribution in [0.15, 0.2) is 36.4 Å². The molecule has 0 saturated heterocycles. The van der Waals surface area contributed by atoms with E-state index in [0.717, 1.165) is 9.13 Å². The van der Waals surface area contributed by atoms with Crippen LogP contribution in [0.3, 0.4) is 0 Å². The molecule has 1 N–H and O–H groups in total. The van der Waals surface area contributed by atoms with Crippen molar-refractivity contribution in [2.24, 2.45) is 0 Å². The molecule has 0 saturated carbocycles. The normalized spacial score (nSPS) is 12.1. The smallest absolute Gasteiger partial charge is 0.162 e. The van der Waals surface area contributed by atoms with E-state index < -0.39 is 6.10 Å². The van der Waals surface area contributed by atoms with Gasteiger partial charge in [0.25, 0.3) is 0 Å². The van der Waals surface area contributed by atoms with E-state index in [9.17, 15) is 5.11 Å². The molecule has 5 heteroatoms. The first-order valence-corrected chi connectivity index (χ1v) is 7.38. The number of halogens is 2. The molecule has 2 aromatic rings. The van der Waals surface area contributed by atoms with Crippen LogP contribution in [0.5, 0.6) is 11.5 Å². The van der Waals surface area contributed by atoms with Crippen LogP contribution in [-0.2, 0) is 0 Å². The summed E-state index contributed by atoms with van der Waals surface area (Å²) in [7, 11) is 3.10. The Kier molecular flexibility index (Phi) is 5.12. The molecule has 0 bridgehead atoms. The third-order valence-electron chi connectivity index (χ3n) is 3.00. The molecular formula is C15H14ClIO3. The van der Waals surface area contributed by atoms with E-state index in [-0.39, 0.29) is 0 Å². The number of methoxy groups -OCH3 is 2. The fourth-order valence-corrected chi connectivity index (χ4v) is 2.88. The summed E-state index contributed by atoms with van der Waals surface area (Å²) >= 11 is 8.42. The van der Waals surface area contributed by atoms with Gasteiger partial charge in [0.15, 0.2) is 11.5 Å². The molecule has 0 aliphatic heterocycles. The maximum absolute atomic E-state index is 10.6. The lowest BCUT2D eigenvalue weighted by atomic mass is 10.0. The van der Waals surface area contributed by atoms with Crippen molar-refractivity contribution in [1.82, 2.24) is 0 Å². The molecular weight excluding hydrogens is 391 g/mol. The van der Waals surface area contributed by atoms with E-state index in [4.69, 9.17) is 21.1 Å². The third kappa shape index (κ3) is 3.02. The van der Waals surface area contributed by atoms with Crippen molar-refractivity contribution in [3.63, 3.8) is 0 Å². The van der Waals surface area contributed by atoms with Crippen molar-refractivity contribution >= 4 is 34.2 Å². The Balaban J connectivity index is 2.50. The number of benzene rings is 2. The van der Waals surface area contributed by atoms with E-state index in [1.165, 1.54) is 0 Å². The number of hydrogen-bond donors (Lipinski definition) is 1. The zero-order valence-corrected chi connectivity index (χ0v) is 14.0. The van der Waals surface area contributed by atoms with Crippen molar-refractivity contribution in [1.29, 1.82) is 0 Å². The highest BCUT2D eigenvalue weighted by Crippen LogP contribution is 2.38. The Hall–Kier alpha value is -0.980. The van der Waals surface area contributed by atoms with E-state index in [0.29, 0.717) is 22.1 Å². The molecule has 0 fully saturated rings. The van der Waals surface area contributed by atoms with Gasteiger partial charge in [-0.3, -0.25) is 0 Å². The Labute approximate surface area is 136 Å². The number of rotatable bonds is 4. The van der Waals surface area contributed by atoms with Gasteiger partial charge >= 0.3 is 0 Å². The summed E-state index contributed by atoms with van der Waals surface area (Å²) in [6.07, 6.45) is -0.810. The first kappa shape index (κ1) is 15.4. The molecule has 0 amide bonds. The maximum atomic E-state index is 10.6. The number of hydrogen-bond acceptors (Lipinski definition) is 3. The summed E-state index contributed by atoms with van der Waals surface area (Å²) in [5, 5.41) is 11.0. The van der Waals surface area contributed by atoms with E-state index in [2.05, 4.69) is 22.6 Å². The fraction of sp³-hybridized carbons (Fsp3) is 0.200. The lowest BCUT2D eigenvalue weighted by Crippen LogP contribution is -2.04. The first-order valence-electron chi connectivity index (χ1n) is 5.92. The molecule has 2 rings (SSSR count). The van der Waals surface area contributed by atoms with Crippen molar-refractivity contribution in [3.05, 3.63) is 56.1 Å². The summed E-state index contributed by atoms with van der Waals surface area (Å²) in [4.78, 5) is 0. The quantitative estimate of drug-likeness (QED) is 0.782. The molecule has 3 nitrogen and oxygen atoms in total. The highest BCUT2D eigenvalue weighted by atomic mass is 127. The van der Waals surface area contributed by atoms with Gasteiger partial charge in [-0.25, -0.2) is 0 Å². The van der Waals surface area contributed by atoms with Gasteiger partial charge in [-0.05, 0) is 40.3 Å². The largest absolute Gasteiger partial charge is 0.493 e. The Morgan fingerprint density at radius 3 is 2.25 bits per heavy atom. The predicted octanol–water partition coefficient (Wildman–Crippen LogP) is 4.04. The van der Waals surface area contributed by atoms with Crippen LogP contribution >= 0.6 is 34.2 Å². The zero-order chi connectivity index (χ0) is 14.7. The van der Waals surface area contributed by atoms with Crippen LogP contribution in [0.25, 0.3) is 0 Å².